The van der Waals surface area contributed by atoms with Crippen LogP contribution in [0.15, 0.2) is 60.9 Å². The molecular weight excluding hydrogens is 937 g/mol. The van der Waals surface area contributed by atoms with Crippen LogP contribution in [0.25, 0.3) is 21.8 Å². The fraction of sp³-hybridized carbons (Fsp3) is 0.552. The Bertz CT molecular complexity index is 2620. The van der Waals surface area contributed by atoms with E-state index < -0.39 is 59.4 Å². The van der Waals surface area contributed by atoms with Crippen molar-refractivity contribution in [2.45, 2.75) is 182 Å². The SMILES string of the molecule is CC(C)C(NC(=O)[C@H](C)NC(=O)OC(C)(C)C)C(=O)N1CCCC1Cc1cn(CC#CC#CCn2cc(CC3CCCN3C(=O)C(NC(=O)[C@@H](C)NC(=O)OC(C)(C)C)C(C)C)c3ccccc32)c2ccccc12. The van der Waals surface area contributed by atoms with Crippen LogP contribution in [0, 0.1) is 35.5 Å². The van der Waals surface area contributed by atoms with Crippen LogP contribution in [0.1, 0.15) is 120 Å². The lowest BCUT2D eigenvalue weighted by Gasteiger charge is -2.32. The number of ether oxygens (including phenoxy) is 2. The number of nitrogens with zero attached hydrogens (tertiary/aromatic N) is 4. The molecule has 398 valence electrons. The zero-order valence-electron chi connectivity index (χ0n) is 45.5. The van der Waals surface area contributed by atoms with E-state index in [1.165, 1.54) is 0 Å². The van der Waals surface area contributed by atoms with Crippen molar-refractivity contribution in [2.24, 2.45) is 11.8 Å². The standard InChI is InChI=1S/C58H78N8O8/c1-37(2)49(61-51(67)39(5)59-55(71)73-57(7,8)9)53(69)65-31-21-23-43(65)33-41-35-63(47-27-17-15-25-45(41)47)29-19-13-14-20-30-64-36-42(46-26-16-18-28-48(46)64)34-44-24-22-32-66(44)54(70)50(38(3)4)62-52(68)40(6)60-56(72)74-58(10,11)12/h15-18,25-28,35-40,43-44,49-50H,21-24,29-34H2,1-12H3,(H,59,71)(H,60,72)(H,61,67)(H,62,68)/t39-,40+,43?,44?,49?,50?. The summed E-state index contributed by atoms with van der Waals surface area (Å²) in [6, 6.07) is 13.0. The fourth-order valence-electron chi connectivity index (χ4n) is 9.79. The number of carbonyl (C=O) groups excluding carboxylic acids is 6. The summed E-state index contributed by atoms with van der Waals surface area (Å²) in [5.41, 5.74) is 2.89. The third kappa shape index (κ3) is 14.9. The number of hydrogen-bond donors (Lipinski definition) is 4. The predicted molar refractivity (Wildman–Crippen MR) is 288 cm³/mol. The van der Waals surface area contributed by atoms with Gasteiger partial charge in [-0.1, -0.05) is 75.9 Å². The van der Waals surface area contributed by atoms with E-state index in [9.17, 15) is 28.8 Å². The van der Waals surface area contributed by atoms with Crippen molar-refractivity contribution in [1.82, 2.24) is 40.2 Å². The molecule has 0 saturated carbocycles. The molecule has 2 aromatic heterocycles. The number of rotatable bonds is 16. The van der Waals surface area contributed by atoms with Crippen LogP contribution in [-0.2, 0) is 54.6 Å². The first kappa shape index (κ1) is 56.4. The molecule has 0 aliphatic carbocycles. The van der Waals surface area contributed by atoms with Gasteiger partial charge in [0.1, 0.15) is 35.4 Å². The highest BCUT2D eigenvalue weighted by Gasteiger charge is 2.38. The minimum atomic E-state index is -0.898. The molecule has 16 heteroatoms. The van der Waals surface area contributed by atoms with Crippen molar-refractivity contribution in [2.75, 3.05) is 13.1 Å². The summed E-state index contributed by atoms with van der Waals surface area (Å²) < 4.78 is 14.9. The largest absolute Gasteiger partial charge is 0.444 e. The molecule has 4 N–H and O–H groups in total. The Morgan fingerprint density at radius 2 is 0.932 bits per heavy atom. The first-order valence-corrected chi connectivity index (χ1v) is 26.2. The molecule has 2 fully saturated rings. The molecule has 6 amide bonds. The number of fused-ring (bicyclic) bond motifs is 2. The molecule has 0 radical (unpaired) electrons. The van der Waals surface area contributed by atoms with Gasteiger partial charge in [0.2, 0.25) is 23.6 Å². The second-order valence-corrected chi connectivity index (χ2v) is 22.5. The third-order valence-electron chi connectivity index (χ3n) is 13.4. The molecule has 0 bridgehead atoms. The van der Waals surface area contributed by atoms with Gasteiger partial charge in [-0.2, -0.15) is 0 Å². The highest BCUT2D eigenvalue weighted by molar-refractivity contribution is 5.93. The predicted octanol–water partition coefficient (Wildman–Crippen LogP) is 7.48. The topological polar surface area (TPSA) is 185 Å². The molecule has 2 aromatic carbocycles. The second kappa shape index (κ2) is 24.4. The van der Waals surface area contributed by atoms with Gasteiger partial charge in [-0.15, -0.1) is 0 Å². The number of likely N-dealkylation sites (tertiary alicyclic amines) is 2. The van der Waals surface area contributed by atoms with E-state index in [0.29, 0.717) is 39.0 Å². The first-order chi connectivity index (χ1) is 34.9. The maximum absolute atomic E-state index is 14.2. The van der Waals surface area contributed by atoms with Gasteiger partial charge >= 0.3 is 12.2 Å². The van der Waals surface area contributed by atoms with Gasteiger partial charge in [0, 0.05) is 59.4 Å². The van der Waals surface area contributed by atoms with Crippen LogP contribution in [0.2, 0.25) is 0 Å². The van der Waals surface area contributed by atoms with E-state index in [-0.39, 0.29) is 35.7 Å². The van der Waals surface area contributed by atoms with Gasteiger partial charge in [-0.25, -0.2) is 9.59 Å². The molecule has 4 unspecified atom stereocenters. The zero-order valence-corrected chi connectivity index (χ0v) is 45.5. The number of aromatic nitrogens is 2. The number of nitrogens with one attached hydrogen (secondary N) is 4. The number of carbonyl (C=O) groups is 6. The molecule has 4 aromatic rings. The lowest BCUT2D eigenvalue weighted by molar-refractivity contribution is -0.139. The van der Waals surface area contributed by atoms with Crippen molar-refractivity contribution in [3.05, 3.63) is 72.1 Å². The summed E-state index contributed by atoms with van der Waals surface area (Å²) in [5.74, 6) is 11.1. The van der Waals surface area contributed by atoms with Crippen LogP contribution in [0.3, 0.4) is 0 Å². The van der Waals surface area contributed by atoms with E-state index in [4.69, 9.17) is 9.47 Å². The average Bonchev–Trinajstić information content (AvgIpc) is 4.13. The summed E-state index contributed by atoms with van der Waals surface area (Å²) in [6.07, 6.45) is 7.54. The third-order valence-corrected chi connectivity index (χ3v) is 13.4. The fourth-order valence-corrected chi connectivity index (χ4v) is 9.79. The Hall–Kier alpha value is -6.94. The van der Waals surface area contributed by atoms with E-state index in [1.54, 1.807) is 55.4 Å². The van der Waals surface area contributed by atoms with Crippen LogP contribution < -0.4 is 21.3 Å². The quantitative estimate of drug-likeness (QED) is 0.0833. The van der Waals surface area contributed by atoms with Gasteiger partial charge < -0.3 is 49.7 Å². The van der Waals surface area contributed by atoms with Gasteiger partial charge in [-0.05, 0) is 141 Å². The summed E-state index contributed by atoms with van der Waals surface area (Å²) >= 11 is 0. The Morgan fingerprint density at radius 1 is 0.568 bits per heavy atom. The maximum Gasteiger partial charge on any atom is 0.408 e. The van der Waals surface area contributed by atoms with Crippen molar-refractivity contribution >= 4 is 57.6 Å². The Balaban J connectivity index is 1.08. The molecule has 6 rings (SSSR count). The van der Waals surface area contributed by atoms with E-state index >= 15 is 0 Å². The minimum Gasteiger partial charge on any atom is -0.444 e. The molecule has 2 aliphatic heterocycles. The molecular formula is C58H78N8O8. The van der Waals surface area contributed by atoms with E-state index in [2.05, 4.69) is 90.7 Å². The molecule has 6 atom stereocenters. The average molecular weight is 1020 g/mol. The lowest BCUT2D eigenvalue weighted by atomic mass is 9.99. The van der Waals surface area contributed by atoms with Crippen LogP contribution in [0.4, 0.5) is 9.59 Å². The molecule has 2 saturated heterocycles. The number of hydrogen-bond acceptors (Lipinski definition) is 8. The minimum absolute atomic E-state index is 0.0536. The smallest absolute Gasteiger partial charge is 0.408 e. The Kier molecular flexibility index (Phi) is 18.6. The highest BCUT2D eigenvalue weighted by Crippen LogP contribution is 2.30. The summed E-state index contributed by atoms with van der Waals surface area (Å²) in [5, 5.41) is 13.2. The Labute approximate surface area is 437 Å². The van der Waals surface area contributed by atoms with Crippen molar-refractivity contribution in [1.29, 1.82) is 0 Å². The van der Waals surface area contributed by atoms with Crippen molar-refractivity contribution in [3.63, 3.8) is 0 Å². The number of benzene rings is 2. The van der Waals surface area contributed by atoms with Crippen LogP contribution in [0.5, 0.6) is 0 Å². The molecule has 4 heterocycles. The molecule has 2 aliphatic rings. The van der Waals surface area contributed by atoms with Crippen molar-refractivity contribution < 1.29 is 38.2 Å². The van der Waals surface area contributed by atoms with E-state index in [0.717, 1.165) is 58.6 Å². The van der Waals surface area contributed by atoms with Gasteiger partial charge in [0.25, 0.3) is 0 Å². The Morgan fingerprint density at radius 3 is 1.28 bits per heavy atom. The summed E-state index contributed by atoms with van der Waals surface area (Å²) in [4.78, 5) is 83.3. The normalized spacial score (nSPS) is 17.4. The van der Waals surface area contributed by atoms with Crippen molar-refractivity contribution in [3.8, 4) is 23.7 Å². The maximum atomic E-state index is 14.2. The number of para-hydroxylation sites is 2. The first-order valence-electron chi connectivity index (χ1n) is 26.2. The molecule has 16 nitrogen and oxygen atoms in total. The highest BCUT2D eigenvalue weighted by atomic mass is 16.6. The van der Waals surface area contributed by atoms with Gasteiger partial charge in [-0.3, -0.25) is 19.2 Å². The van der Waals surface area contributed by atoms with E-state index in [1.807, 2.05) is 61.8 Å². The second-order valence-electron chi connectivity index (χ2n) is 22.5. The zero-order chi connectivity index (χ0) is 54.1. The molecule has 74 heavy (non-hydrogen) atoms. The number of amides is 6. The van der Waals surface area contributed by atoms with Gasteiger partial charge in [0.15, 0.2) is 0 Å². The van der Waals surface area contributed by atoms with Crippen LogP contribution in [-0.4, -0.2) is 115 Å². The lowest BCUT2D eigenvalue weighted by Crippen LogP contribution is -2.56. The monoisotopic (exact) mass is 1010 g/mol. The summed E-state index contributed by atoms with van der Waals surface area (Å²) in [7, 11) is 0. The summed E-state index contributed by atoms with van der Waals surface area (Å²) in [6.45, 7) is 23.3. The number of alkyl carbamates (subject to hydrolysis) is 2. The van der Waals surface area contributed by atoms with Crippen LogP contribution >= 0.6 is 0 Å². The molecule has 0 spiro atoms. The van der Waals surface area contributed by atoms with Gasteiger partial charge in [0.05, 0.1) is 13.1 Å².